The van der Waals surface area contributed by atoms with Gasteiger partial charge in [-0.15, -0.1) is 10.2 Å². The van der Waals surface area contributed by atoms with Crippen molar-refractivity contribution in [2.45, 2.75) is 32.0 Å². The standard InChI is InChI=1S/C11H19N3O2S2/c1-7(11(2,3)4)5-12-9-13-14-10(18-9)17-6-8(15)16/h7H,5-6H2,1-4H3,(H,12,13)(H,15,16). The quantitative estimate of drug-likeness (QED) is 0.784. The van der Waals surface area contributed by atoms with E-state index in [1.165, 1.54) is 23.1 Å². The Labute approximate surface area is 115 Å². The average molecular weight is 289 g/mol. The lowest BCUT2D eigenvalue weighted by Gasteiger charge is -2.27. The van der Waals surface area contributed by atoms with E-state index < -0.39 is 5.97 Å². The summed E-state index contributed by atoms with van der Waals surface area (Å²) in [5, 5.41) is 20.5. The van der Waals surface area contributed by atoms with Crippen LogP contribution in [0.25, 0.3) is 0 Å². The molecule has 2 N–H and O–H groups in total. The van der Waals surface area contributed by atoms with Crippen LogP contribution in [0.15, 0.2) is 4.34 Å². The fourth-order valence-electron chi connectivity index (χ4n) is 1.01. The summed E-state index contributed by atoms with van der Waals surface area (Å²) in [6.07, 6.45) is 0. The van der Waals surface area contributed by atoms with E-state index in [2.05, 4.69) is 43.2 Å². The maximum Gasteiger partial charge on any atom is 0.313 e. The van der Waals surface area contributed by atoms with Crippen molar-refractivity contribution in [3.8, 4) is 0 Å². The van der Waals surface area contributed by atoms with Gasteiger partial charge in [0.2, 0.25) is 5.13 Å². The van der Waals surface area contributed by atoms with Gasteiger partial charge in [0, 0.05) is 6.54 Å². The zero-order chi connectivity index (χ0) is 13.8. The molecule has 1 aromatic heterocycles. The smallest absolute Gasteiger partial charge is 0.313 e. The Morgan fingerprint density at radius 2 is 2.17 bits per heavy atom. The normalized spacial score (nSPS) is 13.3. The highest BCUT2D eigenvalue weighted by Crippen LogP contribution is 2.28. The number of rotatable bonds is 6. The van der Waals surface area contributed by atoms with Crippen LogP contribution in [0.3, 0.4) is 0 Å². The molecular formula is C11H19N3O2S2. The summed E-state index contributed by atoms with van der Waals surface area (Å²) in [6, 6.07) is 0. The summed E-state index contributed by atoms with van der Waals surface area (Å²) >= 11 is 2.59. The molecule has 0 aliphatic heterocycles. The lowest BCUT2D eigenvalue weighted by molar-refractivity contribution is -0.133. The molecule has 1 unspecified atom stereocenters. The van der Waals surface area contributed by atoms with Crippen molar-refractivity contribution in [3.05, 3.63) is 0 Å². The molecule has 5 nitrogen and oxygen atoms in total. The molecule has 0 aliphatic carbocycles. The van der Waals surface area contributed by atoms with Crippen LogP contribution in [0.5, 0.6) is 0 Å². The average Bonchev–Trinajstić information content (AvgIpc) is 2.69. The first-order valence-electron chi connectivity index (χ1n) is 5.71. The molecule has 102 valence electrons. The fourth-order valence-corrected chi connectivity index (χ4v) is 2.49. The molecule has 1 heterocycles. The molecule has 0 radical (unpaired) electrons. The van der Waals surface area contributed by atoms with Crippen LogP contribution in [-0.4, -0.2) is 33.6 Å². The van der Waals surface area contributed by atoms with Crippen molar-refractivity contribution in [3.63, 3.8) is 0 Å². The third-order valence-electron chi connectivity index (χ3n) is 2.76. The van der Waals surface area contributed by atoms with Gasteiger partial charge in [0.1, 0.15) is 0 Å². The molecule has 0 aromatic carbocycles. The fraction of sp³-hybridized carbons (Fsp3) is 0.727. The summed E-state index contributed by atoms with van der Waals surface area (Å²) in [5.74, 6) is -0.310. The van der Waals surface area contributed by atoms with Crippen molar-refractivity contribution in [2.75, 3.05) is 17.6 Å². The van der Waals surface area contributed by atoms with Crippen LogP contribution in [0.2, 0.25) is 0 Å². The van der Waals surface area contributed by atoms with E-state index >= 15 is 0 Å². The second-order valence-corrected chi connectivity index (χ2v) is 7.40. The number of anilines is 1. The summed E-state index contributed by atoms with van der Waals surface area (Å²) in [7, 11) is 0. The van der Waals surface area contributed by atoms with Crippen LogP contribution in [0.4, 0.5) is 5.13 Å². The van der Waals surface area contributed by atoms with E-state index in [9.17, 15) is 4.79 Å². The Hall–Kier alpha value is -0.820. The number of nitrogens with one attached hydrogen (secondary N) is 1. The zero-order valence-electron chi connectivity index (χ0n) is 11.1. The highest BCUT2D eigenvalue weighted by molar-refractivity contribution is 8.01. The molecular weight excluding hydrogens is 270 g/mol. The molecule has 0 amide bonds. The second kappa shape index (κ2) is 6.38. The maximum absolute atomic E-state index is 10.4. The van der Waals surface area contributed by atoms with Crippen molar-refractivity contribution < 1.29 is 9.90 Å². The van der Waals surface area contributed by atoms with Crippen LogP contribution >= 0.6 is 23.1 Å². The van der Waals surface area contributed by atoms with Gasteiger partial charge in [-0.25, -0.2) is 0 Å². The third-order valence-corrected chi connectivity index (χ3v) is 4.76. The minimum Gasteiger partial charge on any atom is -0.481 e. The van der Waals surface area contributed by atoms with Gasteiger partial charge in [-0.05, 0) is 11.3 Å². The van der Waals surface area contributed by atoms with Gasteiger partial charge < -0.3 is 10.4 Å². The van der Waals surface area contributed by atoms with Gasteiger partial charge in [0.05, 0.1) is 5.75 Å². The Morgan fingerprint density at radius 3 is 2.72 bits per heavy atom. The van der Waals surface area contributed by atoms with E-state index in [0.29, 0.717) is 10.3 Å². The van der Waals surface area contributed by atoms with Crippen molar-refractivity contribution in [1.29, 1.82) is 0 Å². The lowest BCUT2D eigenvalue weighted by Crippen LogP contribution is -2.24. The Bertz CT molecular complexity index is 401. The van der Waals surface area contributed by atoms with Gasteiger partial charge in [-0.2, -0.15) is 0 Å². The number of thioether (sulfide) groups is 1. The molecule has 0 aliphatic rings. The number of carboxylic acid groups (broad SMARTS) is 1. The highest BCUT2D eigenvalue weighted by Gasteiger charge is 2.20. The topological polar surface area (TPSA) is 75.1 Å². The molecule has 0 bridgehead atoms. The molecule has 0 fully saturated rings. The van der Waals surface area contributed by atoms with Crippen LogP contribution < -0.4 is 5.32 Å². The SMILES string of the molecule is CC(CNc1nnc(SCC(=O)O)s1)C(C)(C)C. The van der Waals surface area contributed by atoms with E-state index in [1.807, 2.05) is 0 Å². The minimum absolute atomic E-state index is 0.0209. The highest BCUT2D eigenvalue weighted by atomic mass is 32.2. The molecule has 1 aromatic rings. The first-order chi connectivity index (χ1) is 8.29. The van der Waals surface area contributed by atoms with E-state index in [4.69, 9.17) is 5.11 Å². The van der Waals surface area contributed by atoms with Crippen molar-refractivity contribution >= 4 is 34.2 Å². The molecule has 1 atom stereocenters. The van der Waals surface area contributed by atoms with E-state index in [-0.39, 0.29) is 11.2 Å². The Balaban J connectivity index is 2.42. The van der Waals surface area contributed by atoms with Gasteiger partial charge >= 0.3 is 5.97 Å². The van der Waals surface area contributed by atoms with Crippen LogP contribution in [-0.2, 0) is 4.79 Å². The molecule has 1 rings (SSSR count). The lowest BCUT2D eigenvalue weighted by atomic mass is 9.82. The summed E-state index contributed by atoms with van der Waals surface area (Å²) in [6.45, 7) is 9.63. The number of hydrogen-bond acceptors (Lipinski definition) is 6. The summed E-state index contributed by atoms with van der Waals surface area (Å²) in [4.78, 5) is 10.4. The minimum atomic E-state index is -0.842. The van der Waals surface area contributed by atoms with Gasteiger partial charge in [-0.3, -0.25) is 4.79 Å². The van der Waals surface area contributed by atoms with Gasteiger partial charge in [0.15, 0.2) is 4.34 Å². The van der Waals surface area contributed by atoms with E-state index in [1.54, 1.807) is 0 Å². The molecule has 0 saturated heterocycles. The van der Waals surface area contributed by atoms with Gasteiger partial charge in [0.25, 0.3) is 0 Å². The first kappa shape index (κ1) is 15.2. The number of carboxylic acids is 1. The van der Waals surface area contributed by atoms with Gasteiger partial charge in [-0.1, -0.05) is 50.8 Å². The van der Waals surface area contributed by atoms with Crippen LogP contribution in [0, 0.1) is 11.3 Å². The monoisotopic (exact) mass is 289 g/mol. The first-order valence-corrected chi connectivity index (χ1v) is 7.51. The molecule has 7 heteroatoms. The number of nitrogens with zero attached hydrogens (tertiary/aromatic N) is 2. The molecule has 18 heavy (non-hydrogen) atoms. The zero-order valence-corrected chi connectivity index (χ0v) is 12.7. The second-order valence-electron chi connectivity index (χ2n) is 5.20. The number of hydrogen-bond donors (Lipinski definition) is 2. The van der Waals surface area contributed by atoms with Crippen LogP contribution in [0.1, 0.15) is 27.7 Å². The Morgan fingerprint density at radius 1 is 1.50 bits per heavy atom. The predicted octanol–water partition coefficient (Wildman–Crippen LogP) is 2.81. The third kappa shape index (κ3) is 5.22. The van der Waals surface area contributed by atoms with Crippen molar-refractivity contribution in [1.82, 2.24) is 10.2 Å². The summed E-state index contributed by atoms with van der Waals surface area (Å²) in [5.41, 5.74) is 0.249. The largest absolute Gasteiger partial charge is 0.481 e. The Kier molecular flexibility index (Phi) is 5.40. The van der Waals surface area contributed by atoms with Crippen molar-refractivity contribution in [2.24, 2.45) is 11.3 Å². The molecule has 0 spiro atoms. The number of carbonyl (C=O) groups is 1. The number of aliphatic carboxylic acids is 1. The molecule has 0 saturated carbocycles. The van der Waals surface area contributed by atoms with E-state index in [0.717, 1.165) is 11.7 Å². The maximum atomic E-state index is 10.4. The number of aromatic nitrogens is 2. The summed E-state index contributed by atoms with van der Waals surface area (Å²) < 4.78 is 0.684. The predicted molar refractivity (Wildman–Crippen MR) is 75.4 cm³/mol.